The Bertz CT molecular complexity index is 1020. The van der Waals surface area contributed by atoms with Gasteiger partial charge in [0.2, 0.25) is 0 Å². The summed E-state index contributed by atoms with van der Waals surface area (Å²) in [7, 11) is 0. The lowest BCUT2D eigenvalue weighted by atomic mass is 9.47. The topological polar surface area (TPSA) is 169 Å². The predicted molar refractivity (Wildman–Crippen MR) is 140 cm³/mol. The first-order chi connectivity index (χ1) is 18.9. The van der Waals surface area contributed by atoms with Gasteiger partial charge in [-0.1, -0.05) is 32.4 Å². The number of aliphatic carboxylic acids is 1. The molecule has 2 aliphatic heterocycles. The number of cyclic esters (lactones) is 1. The van der Waals surface area contributed by atoms with Crippen LogP contribution in [0.4, 0.5) is 0 Å². The number of fused-ring (bicyclic) bond motifs is 1. The van der Waals surface area contributed by atoms with Gasteiger partial charge in [-0.15, -0.1) is 0 Å². The molecular formula is C29H42O11. The molecule has 4 rings (SSSR count). The number of carboxylic acids is 1. The van der Waals surface area contributed by atoms with Crippen molar-refractivity contribution >= 4 is 17.9 Å². The van der Waals surface area contributed by atoms with Gasteiger partial charge < -0.3 is 39.4 Å². The van der Waals surface area contributed by atoms with Crippen LogP contribution in [-0.2, 0) is 33.3 Å². The van der Waals surface area contributed by atoms with Crippen molar-refractivity contribution in [2.24, 2.45) is 22.7 Å². The van der Waals surface area contributed by atoms with Gasteiger partial charge in [-0.05, 0) is 67.3 Å². The lowest BCUT2D eigenvalue weighted by Crippen LogP contribution is -2.60. The minimum atomic E-state index is -1.61. The maximum absolute atomic E-state index is 12.0. The number of hydrogen-bond acceptors (Lipinski definition) is 10. The van der Waals surface area contributed by atoms with Gasteiger partial charge in [-0.25, -0.2) is 4.79 Å². The Morgan fingerprint density at radius 3 is 2.58 bits per heavy atom. The van der Waals surface area contributed by atoms with Gasteiger partial charge in [0.25, 0.3) is 0 Å². The third-order valence-corrected chi connectivity index (χ3v) is 9.60. The molecule has 1 saturated heterocycles. The highest BCUT2D eigenvalue weighted by Gasteiger charge is 2.55. The zero-order chi connectivity index (χ0) is 29.2. The Kier molecular flexibility index (Phi) is 9.41. The van der Waals surface area contributed by atoms with Crippen LogP contribution >= 0.6 is 0 Å². The van der Waals surface area contributed by atoms with Gasteiger partial charge in [0.15, 0.2) is 6.29 Å². The van der Waals surface area contributed by atoms with Crippen LogP contribution < -0.4 is 0 Å². The molecule has 11 heteroatoms. The van der Waals surface area contributed by atoms with E-state index in [4.69, 9.17) is 24.1 Å². The van der Waals surface area contributed by atoms with Crippen molar-refractivity contribution in [3.05, 3.63) is 23.8 Å². The Balaban J connectivity index is 1.42. The second-order valence-corrected chi connectivity index (χ2v) is 12.3. The summed E-state index contributed by atoms with van der Waals surface area (Å²) >= 11 is 0. The highest BCUT2D eigenvalue weighted by Crippen LogP contribution is 2.62. The van der Waals surface area contributed by atoms with Crippen LogP contribution in [0.2, 0.25) is 0 Å². The Labute approximate surface area is 234 Å². The number of aliphatic hydroxyl groups is 3. The molecule has 2 saturated carbocycles. The monoisotopic (exact) mass is 566 g/mol. The minimum absolute atomic E-state index is 0.0581. The fourth-order valence-electron chi connectivity index (χ4n) is 7.50. The molecule has 0 aromatic heterocycles. The molecule has 0 radical (unpaired) electrons. The molecule has 4 aliphatic rings. The van der Waals surface area contributed by atoms with Crippen LogP contribution in [0.15, 0.2) is 23.8 Å². The molecule has 11 nitrogen and oxygen atoms in total. The number of carboxylic acid groups (broad SMARTS) is 1. The van der Waals surface area contributed by atoms with Gasteiger partial charge in [0.05, 0.1) is 6.61 Å². The number of allylic oxidation sites excluding steroid dienone is 1. The first-order valence-corrected chi connectivity index (χ1v) is 14.1. The molecule has 40 heavy (non-hydrogen) atoms. The van der Waals surface area contributed by atoms with Gasteiger partial charge in [-0.3, -0.25) is 9.59 Å². The summed E-state index contributed by atoms with van der Waals surface area (Å²) < 4.78 is 21.8. The quantitative estimate of drug-likeness (QED) is 0.173. The number of aliphatic hydroxyl groups excluding tert-OH is 3. The van der Waals surface area contributed by atoms with Gasteiger partial charge in [-0.2, -0.15) is 0 Å². The summed E-state index contributed by atoms with van der Waals surface area (Å²) in [6.45, 7) is 8.95. The van der Waals surface area contributed by atoms with Crippen LogP contribution in [0.25, 0.3) is 0 Å². The molecule has 0 bridgehead atoms. The number of esters is 2. The minimum Gasteiger partial charge on any atom is -0.481 e. The van der Waals surface area contributed by atoms with E-state index in [0.29, 0.717) is 13.0 Å². The number of carbonyl (C=O) groups is 3. The molecule has 224 valence electrons. The molecule has 2 aliphatic carbocycles. The zero-order valence-corrected chi connectivity index (χ0v) is 23.3. The largest absolute Gasteiger partial charge is 0.481 e. The highest BCUT2D eigenvalue weighted by molar-refractivity contribution is 5.90. The summed E-state index contributed by atoms with van der Waals surface area (Å²) in [5.74, 6) is -2.09. The summed E-state index contributed by atoms with van der Waals surface area (Å²) in [5.41, 5.74) is 1.61. The molecule has 0 amide bonds. The summed E-state index contributed by atoms with van der Waals surface area (Å²) in [6.07, 6.45) is 0.0154. The van der Waals surface area contributed by atoms with Crippen LogP contribution in [-0.4, -0.2) is 88.9 Å². The molecular weight excluding hydrogens is 524 g/mol. The van der Waals surface area contributed by atoms with Crippen molar-refractivity contribution in [3.63, 3.8) is 0 Å². The molecule has 4 N–H and O–H groups in total. The van der Waals surface area contributed by atoms with E-state index in [0.717, 1.165) is 44.1 Å². The SMILES string of the molecule is C=C1CC[C@H]2[C@](C)(CO[C@H]3O[C@@H](COC(=O)CC(=O)O)[C@H](O)[C@@H](O)[C@@H]3O)CCC[C@]2(C)[C@H]1CCC1=CCOC1=O. The summed E-state index contributed by atoms with van der Waals surface area (Å²) in [4.78, 5) is 34.3. The van der Waals surface area contributed by atoms with Gasteiger partial charge in [0.1, 0.15) is 44.1 Å². The lowest BCUT2D eigenvalue weighted by molar-refractivity contribution is -0.310. The van der Waals surface area contributed by atoms with Crippen molar-refractivity contribution in [1.82, 2.24) is 0 Å². The van der Waals surface area contributed by atoms with E-state index < -0.39 is 55.7 Å². The van der Waals surface area contributed by atoms with E-state index in [-0.39, 0.29) is 35.2 Å². The highest BCUT2D eigenvalue weighted by atomic mass is 16.7. The van der Waals surface area contributed by atoms with E-state index in [2.05, 4.69) is 20.4 Å². The van der Waals surface area contributed by atoms with E-state index in [9.17, 15) is 29.7 Å². The van der Waals surface area contributed by atoms with E-state index in [1.807, 2.05) is 6.08 Å². The van der Waals surface area contributed by atoms with Gasteiger partial charge >= 0.3 is 17.9 Å². The standard InChI is InChI=1S/C29H42O11/c1-16-5-8-20-28(2,10-4-11-29(20,3)18(16)7-6-17-9-12-37-26(17)36)15-39-27-25(35)24(34)23(33)19(40-27)14-38-22(32)13-21(30)31/h9,18-20,23-25,27,33-35H,1,4-8,10-15H2,2-3H3,(H,30,31)/t18-,19-,20-,23-,24+,25-,27-,28-,29+/m0/s1. The van der Waals surface area contributed by atoms with Crippen molar-refractivity contribution in [2.45, 2.75) is 95.9 Å². The molecule has 3 fully saturated rings. The second kappa shape index (κ2) is 12.3. The van der Waals surface area contributed by atoms with Gasteiger partial charge in [0, 0.05) is 5.57 Å². The number of hydrogen-bond donors (Lipinski definition) is 4. The summed E-state index contributed by atoms with van der Waals surface area (Å²) in [5, 5.41) is 40.1. The third-order valence-electron chi connectivity index (χ3n) is 9.60. The Hall–Kier alpha value is -2.31. The maximum atomic E-state index is 12.0. The van der Waals surface area contributed by atoms with Crippen molar-refractivity contribution in [3.8, 4) is 0 Å². The zero-order valence-electron chi connectivity index (χ0n) is 23.3. The van der Waals surface area contributed by atoms with Crippen molar-refractivity contribution < 1.29 is 53.8 Å². The van der Waals surface area contributed by atoms with E-state index >= 15 is 0 Å². The van der Waals surface area contributed by atoms with Crippen LogP contribution in [0.1, 0.15) is 65.2 Å². The Morgan fingerprint density at radius 2 is 1.90 bits per heavy atom. The van der Waals surface area contributed by atoms with Crippen molar-refractivity contribution in [2.75, 3.05) is 19.8 Å². The fraction of sp³-hybridized carbons (Fsp3) is 0.759. The lowest BCUT2D eigenvalue weighted by Gasteiger charge is -2.59. The summed E-state index contributed by atoms with van der Waals surface area (Å²) in [6, 6.07) is 0. The Morgan fingerprint density at radius 1 is 1.15 bits per heavy atom. The van der Waals surface area contributed by atoms with Crippen LogP contribution in [0, 0.1) is 22.7 Å². The molecule has 0 aromatic rings. The van der Waals surface area contributed by atoms with Crippen LogP contribution in [0.5, 0.6) is 0 Å². The fourth-order valence-corrected chi connectivity index (χ4v) is 7.50. The van der Waals surface area contributed by atoms with E-state index in [1.165, 1.54) is 5.57 Å². The normalized spacial score (nSPS) is 39.7. The van der Waals surface area contributed by atoms with E-state index in [1.54, 1.807) is 0 Å². The molecule has 0 unspecified atom stereocenters. The van der Waals surface area contributed by atoms with Crippen molar-refractivity contribution in [1.29, 1.82) is 0 Å². The third kappa shape index (κ3) is 6.28. The maximum Gasteiger partial charge on any atom is 0.334 e. The number of rotatable bonds is 10. The smallest absolute Gasteiger partial charge is 0.334 e. The number of carbonyl (C=O) groups excluding carboxylic acids is 2. The second-order valence-electron chi connectivity index (χ2n) is 12.3. The predicted octanol–water partition coefficient (Wildman–Crippen LogP) is 1.87. The van der Waals surface area contributed by atoms with Crippen LogP contribution in [0.3, 0.4) is 0 Å². The first-order valence-electron chi connectivity index (χ1n) is 14.1. The molecule has 0 aromatic carbocycles. The number of ether oxygens (including phenoxy) is 4. The molecule has 2 heterocycles. The first kappa shape index (κ1) is 30.6. The molecule has 0 spiro atoms. The average molecular weight is 567 g/mol. The molecule has 9 atom stereocenters. The average Bonchev–Trinajstić information content (AvgIpc) is 3.29.